The van der Waals surface area contributed by atoms with Crippen molar-refractivity contribution in [3.05, 3.63) is 11.4 Å². The van der Waals surface area contributed by atoms with Crippen molar-refractivity contribution in [2.24, 2.45) is 4.99 Å². The summed E-state index contributed by atoms with van der Waals surface area (Å²) in [5.41, 5.74) is 0.755. The Labute approximate surface area is 117 Å². The fraction of sp³-hybridized carbons (Fsp3) is 0.615. The lowest BCUT2D eigenvalue weighted by atomic mass is 10.0. The third kappa shape index (κ3) is 3.16. The Balaban J connectivity index is 2.16. The van der Waals surface area contributed by atoms with Gasteiger partial charge in [0.2, 0.25) is 0 Å². The minimum absolute atomic E-state index is 0.264. The maximum absolute atomic E-state index is 12.1. The number of hydrogen-bond acceptors (Lipinski definition) is 5. The van der Waals surface area contributed by atoms with Crippen LogP contribution in [0.5, 0.6) is 0 Å². The number of hydrogen-bond donors (Lipinski definition) is 2. The first-order valence-electron chi connectivity index (χ1n) is 6.49. The molecule has 0 spiro atoms. The Morgan fingerprint density at radius 3 is 2.80 bits per heavy atom. The first kappa shape index (κ1) is 14.5. The topological polar surface area (TPSA) is 91.2 Å². The molecule has 0 saturated heterocycles. The van der Waals surface area contributed by atoms with E-state index in [2.05, 4.69) is 10.3 Å². The van der Waals surface area contributed by atoms with Crippen molar-refractivity contribution in [3.63, 3.8) is 0 Å². The van der Waals surface area contributed by atoms with Gasteiger partial charge in [0.15, 0.2) is 0 Å². The van der Waals surface area contributed by atoms with Gasteiger partial charge in [-0.15, -0.1) is 0 Å². The minimum Gasteiger partial charge on any atom is -0.480 e. The summed E-state index contributed by atoms with van der Waals surface area (Å²) in [7, 11) is 0. The summed E-state index contributed by atoms with van der Waals surface area (Å²) in [6, 6.07) is -0.663. The SMILES string of the molecule is CC(C)(C)OC(=O)N1CC=NC2=C1CNC(C(=O)O)C2. The standard InChI is InChI=1S/C13H19N3O4/c1-13(2,3)20-12(19)16-5-4-14-8-6-9(11(17)18)15-7-10(8)16/h4,9,15H,5-7H2,1-3H3,(H,17,18). The van der Waals surface area contributed by atoms with Gasteiger partial charge in [-0.1, -0.05) is 0 Å². The summed E-state index contributed by atoms with van der Waals surface area (Å²) in [5.74, 6) is -0.916. The molecular weight excluding hydrogens is 262 g/mol. The Kier molecular flexibility index (Phi) is 3.80. The lowest BCUT2D eigenvalue weighted by molar-refractivity contribution is -0.139. The van der Waals surface area contributed by atoms with E-state index in [0.717, 1.165) is 0 Å². The number of ether oxygens (including phenoxy) is 1. The highest BCUT2D eigenvalue weighted by molar-refractivity contribution is 5.79. The van der Waals surface area contributed by atoms with Crippen LogP contribution in [0.1, 0.15) is 27.2 Å². The van der Waals surface area contributed by atoms with E-state index in [1.54, 1.807) is 27.0 Å². The van der Waals surface area contributed by atoms with E-state index in [-0.39, 0.29) is 6.42 Å². The van der Waals surface area contributed by atoms with Crippen LogP contribution in [-0.2, 0) is 9.53 Å². The van der Waals surface area contributed by atoms with Gasteiger partial charge in [0.1, 0.15) is 11.6 Å². The van der Waals surface area contributed by atoms with E-state index < -0.39 is 23.7 Å². The van der Waals surface area contributed by atoms with E-state index >= 15 is 0 Å². The van der Waals surface area contributed by atoms with Gasteiger partial charge in [-0.25, -0.2) is 4.79 Å². The van der Waals surface area contributed by atoms with Crippen molar-refractivity contribution in [1.82, 2.24) is 10.2 Å². The highest BCUT2D eigenvalue weighted by Crippen LogP contribution is 2.25. The maximum Gasteiger partial charge on any atom is 0.414 e. The van der Waals surface area contributed by atoms with Gasteiger partial charge in [0.25, 0.3) is 0 Å². The molecule has 110 valence electrons. The second kappa shape index (κ2) is 5.24. The molecule has 2 aliphatic heterocycles. The van der Waals surface area contributed by atoms with E-state index in [9.17, 15) is 9.59 Å². The molecule has 2 rings (SSSR count). The zero-order chi connectivity index (χ0) is 14.9. The van der Waals surface area contributed by atoms with Crippen LogP contribution in [0.15, 0.2) is 16.4 Å². The summed E-state index contributed by atoms with van der Waals surface area (Å²) < 4.78 is 5.35. The molecule has 0 saturated carbocycles. The van der Waals surface area contributed by atoms with Crippen LogP contribution >= 0.6 is 0 Å². The van der Waals surface area contributed by atoms with Crippen LogP contribution in [-0.4, -0.2) is 53.0 Å². The highest BCUT2D eigenvalue weighted by atomic mass is 16.6. The number of carbonyl (C=O) groups excluding carboxylic acids is 1. The molecule has 0 fully saturated rings. The average Bonchev–Trinajstić information content (AvgIpc) is 2.35. The van der Waals surface area contributed by atoms with Gasteiger partial charge in [0, 0.05) is 19.2 Å². The predicted octanol–water partition coefficient (Wildman–Crippen LogP) is 0.966. The average molecular weight is 281 g/mol. The van der Waals surface area contributed by atoms with E-state index in [4.69, 9.17) is 9.84 Å². The molecule has 2 heterocycles. The van der Waals surface area contributed by atoms with Crippen molar-refractivity contribution in [2.75, 3.05) is 13.1 Å². The largest absolute Gasteiger partial charge is 0.480 e. The van der Waals surface area contributed by atoms with Gasteiger partial charge in [0.05, 0.1) is 17.9 Å². The molecule has 0 radical (unpaired) electrons. The van der Waals surface area contributed by atoms with Gasteiger partial charge in [-0.2, -0.15) is 0 Å². The van der Waals surface area contributed by atoms with Crippen LogP contribution in [0.3, 0.4) is 0 Å². The second-order valence-electron chi connectivity index (χ2n) is 5.77. The van der Waals surface area contributed by atoms with Crippen LogP contribution in [0.2, 0.25) is 0 Å². The third-order valence-corrected chi connectivity index (χ3v) is 3.00. The Bertz CT molecular complexity index is 490. The van der Waals surface area contributed by atoms with Crippen molar-refractivity contribution in [3.8, 4) is 0 Å². The van der Waals surface area contributed by atoms with Crippen LogP contribution in [0.25, 0.3) is 0 Å². The molecular formula is C13H19N3O4. The van der Waals surface area contributed by atoms with Gasteiger partial charge >= 0.3 is 12.1 Å². The number of carboxylic acids is 1. The molecule has 1 amide bonds. The van der Waals surface area contributed by atoms with Crippen molar-refractivity contribution in [1.29, 1.82) is 0 Å². The number of nitrogens with one attached hydrogen (secondary N) is 1. The minimum atomic E-state index is -0.916. The number of amides is 1. The number of nitrogens with zero attached hydrogens (tertiary/aromatic N) is 2. The van der Waals surface area contributed by atoms with Crippen LogP contribution in [0, 0.1) is 0 Å². The number of rotatable bonds is 1. The van der Waals surface area contributed by atoms with Gasteiger partial charge in [-0.05, 0) is 20.8 Å². The molecule has 20 heavy (non-hydrogen) atoms. The Morgan fingerprint density at radius 1 is 1.50 bits per heavy atom. The predicted molar refractivity (Wildman–Crippen MR) is 72.5 cm³/mol. The van der Waals surface area contributed by atoms with Gasteiger partial charge < -0.3 is 9.84 Å². The third-order valence-electron chi connectivity index (χ3n) is 3.00. The molecule has 0 aromatic rings. The number of aliphatic imine (C=N–C) groups is 1. The van der Waals surface area contributed by atoms with Crippen molar-refractivity contribution < 1.29 is 19.4 Å². The second-order valence-corrected chi connectivity index (χ2v) is 5.77. The summed E-state index contributed by atoms with van der Waals surface area (Å²) in [5, 5.41) is 11.9. The van der Waals surface area contributed by atoms with Crippen LogP contribution < -0.4 is 5.32 Å². The summed E-state index contributed by atoms with van der Waals surface area (Å²) in [6.45, 7) is 6.05. The quantitative estimate of drug-likeness (QED) is 0.747. The Hall–Kier alpha value is -1.89. The molecule has 0 aliphatic carbocycles. The van der Waals surface area contributed by atoms with E-state index in [1.165, 1.54) is 4.90 Å². The van der Waals surface area contributed by atoms with Crippen molar-refractivity contribution in [2.45, 2.75) is 38.8 Å². The lowest BCUT2D eigenvalue weighted by Gasteiger charge is -2.34. The van der Waals surface area contributed by atoms with Crippen LogP contribution in [0.4, 0.5) is 4.79 Å². The summed E-state index contributed by atoms with van der Waals surface area (Å²) in [6.07, 6.45) is 1.43. The summed E-state index contributed by atoms with van der Waals surface area (Å²) in [4.78, 5) is 28.9. The molecule has 2 aliphatic rings. The maximum atomic E-state index is 12.1. The first-order valence-corrected chi connectivity index (χ1v) is 6.49. The fourth-order valence-electron chi connectivity index (χ4n) is 2.10. The number of carbonyl (C=O) groups is 2. The zero-order valence-corrected chi connectivity index (χ0v) is 11.8. The summed E-state index contributed by atoms with van der Waals surface area (Å²) >= 11 is 0. The number of carboxylic acid groups (broad SMARTS) is 1. The highest BCUT2D eigenvalue weighted by Gasteiger charge is 2.33. The fourth-order valence-corrected chi connectivity index (χ4v) is 2.10. The van der Waals surface area contributed by atoms with E-state index in [0.29, 0.717) is 24.5 Å². The molecule has 1 atom stereocenters. The smallest absolute Gasteiger partial charge is 0.414 e. The molecule has 0 aromatic carbocycles. The molecule has 0 aromatic heterocycles. The van der Waals surface area contributed by atoms with Gasteiger partial charge in [-0.3, -0.25) is 20.0 Å². The molecule has 1 unspecified atom stereocenters. The molecule has 2 N–H and O–H groups in total. The lowest BCUT2D eigenvalue weighted by Crippen LogP contribution is -2.48. The van der Waals surface area contributed by atoms with E-state index in [1.807, 2.05) is 0 Å². The number of aliphatic carboxylic acids is 1. The van der Waals surface area contributed by atoms with Crippen molar-refractivity contribution >= 4 is 18.3 Å². The molecule has 0 bridgehead atoms. The molecule has 7 nitrogen and oxygen atoms in total. The zero-order valence-electron chi connectivity index (χ0n) is 11.8. The first-order chi connectivity index (χ1) is 9.28. The molecule has 7 heteroatoms. The normalized spacial score (nSPS) is 22.6. The Morgan fingerprint density at radius 2 is 2.20 bits per heavy atom. The monoisotopic (exact) mass is 281 g/mol.